The molecule has 0 aliphatic rings. The number of nitrogens with zero attached hydrogens (tertiary/aromatic N) is 3. The van der Waals surface area contributed by atoms with Gasteiger partial charge in [-0.3, -0.25) is 4.79 Å². The molecular weight excluding hydrogens is 354 g/mol. The van der Waals surface area contributed by atoms with Crippen LogP contribution < -0.4 is 11.1 Å². The van der Waals surface area contributed by atoms with Crippen molar-refractivity contribution in [3.05, 3.63) is 60.2 Å². The molecule has 0 unspecified atom stereocenters. The van der Waals surface area contributed by atoms with E-state index in [1.807, 2.05) is 17.7 Å². The molecule has 9 heteroatoms. The standard InChI is InChI=1S/C18H14F2N6O/c1-26-8-22-7-14(26)13-5-9-4-10(6-23-17(9)25-13)24-18(27)15-11(19)2-3-12(21)16(15)20/h2-8H,21H2,1H3,(H,23,25)(H,24,27). The number of rotatable bonds is 3. The minimum absolute atomic E-state index is 0.296. The van der Waals surface area contributed by atoms with Crippen LogP contribution in [0.1, 0.15) is 10.4 Å². The van der Waals surface area contributed by atoms with Gasteiger partial charge in [-0.1, -0.05) is 0 Å². The van der Waals surface area contributed by atoms with Gasteiger partial charge >= 0.3 is 0 Å². The maximum absolute atomic E-state index is 14.0. The lowest BCUT2D eigenvalue weighted by molar-refractivity contribution is 0.101. The molecule has 4 aromatic rings. The number of imidazole rings is 1. The number of nitrogens with two attached hydrogens (primary N) is 1. The van der Waals surface area contributed by atoms with Gasteiger partial charge in [0.25, 0.3) is 5.91 Å². The maximum atomic E-state index is 14.0. The van der Waals surface area contributed by atoms with Crippen LogP contribution in [0.5, 0.6) is 0 Å². The summed E-state index contributed by atoms with van der Waals surface area (Å²) in [5, 5.41) is 3.17. The molecule has 0 aliphatic carbocycles. The van der Waals surface area contributed by atoms with Crippen LogP contribution in [-0.2, 0) is 7.05 Å². The Hall–Kier alpha value is -3.75. The van der Waals surface area contributed by atoms with Crippen molar-refractivity contribution in [1.82, 2.24) is 19.5 Å². The van der Waals surface area contributed by atoms with Crippen molar-refractivity contribution < 1.29 is 13.6 Å². The van der Waals surface area contributed by atoms with Crippen LogP contribution in [0.15, 0.2) is 43.0 Å². The second-order valence-corrected chi connectivity index (χ2v) is 6.01. The van der Waals surface area contributed by atoms with E-state index >= 15 is 0 Å². The molecule has 1 aromatic carbocycles. The zero-order chi connectivity index (χ0) is 19.1. The molecule has 7 nitrogen and oxygen atoms in total. The summed E-state index contributed by atoms with van der Waals surface area (Å²) in [5.41, 5.74) is 6.93. The highest BCUT2D eigenvalue weighted by Gasteiger charge is 2.20. The Kier molecular flexibility index (Phi) is 3.84. The van der Waals surface area contributed by atoms with Gasteiger partial charge in [0.2, 0.25) is 0 Å². The molecule has 1 amide bonds. The molecule has 0 radical (unpaired) electrons. The number of benzene rings is 1. The number of halogens is 2. The van der Waals surface area contributed by atoms with Gasteiger partial charge in [-0.25, -0.2) is 18.7 Å². The van der Waals surface area contributed by atoms with E-state index in [4.69, 9.17) is 5.73 Å². The number of amides is 1. The number of pyridine rings is 1. The fourth-order valence-electron chi connectivity index (χ4n) is 2.81. The van der Waals surface area contributed by atoms with Crippen molar-refractivity contribution in [2.45, 2.75) is 0 Å². The Morgan fingerprint density at radius 1 is 1.26 bits per heavy atom. The quantitative estimate of drug-likeness (QED) is 0.484. The van der Waals surface area contributed by atoms with Crippen LogP contribution in [0.25, 0.3) is 22.4 Å². The molecule has 27 heavy (non-hydrogen) atoms. The second kappa shape index (κ2) is 6.20. The van der Waals surface area contributed by atoms with Gasteiger partial charge in [-0.2, -0.15) is 0 Å². The fraction of sp³-hybridized carbons (Fsp3) is 0.0556. The van der Waals surface area contributed by atoms with Crippen LogP contribution in [0.4, 0.5) is 20.2 Å². The second-order valence-electron chi connectivity index (χ2n) is 6.01. The molecule has 0 aliphatic heterocycles. The first-order valence-corrected chi connectivity index (χ1v) is 7.94. The molecule has 0 saturated carbocycles. The van der Waals surface area contributed by atoms with Crippen molar-refractivity contribution in [3.8, 4) is 11.4 Å². The van der Waals surface area contributed by atoms with E-state index in [1.54, 1.807) is 18.6 Å². The lowest BCUT2D eigenvalue weighted by Gasteiger charge is -2.08. The summed E-state index contributed by atoms with van der Waals surface area (Å²) in [5.74, 6) is -3.03. The Labute approximate surface area is 151 Å². The van der Waals surface area contributed by atoms with E-state index in [1.165, 1.54) is 6.20 Å². The van der Waals surface area contributed by atoms with Crippen LogP contribution >= 0.6 is 0 Å². The average molecular weight is 368 g/mol. The summed E-state index contributed by atoms with van der Waals surface area (Å²) >= 11 is 0. The number of nitrogen functional groups attached to an aromatic ring is 1. The van der Waals surface area contributed by atoms with Crippen molar-refractivity contribution in [1.29, 1.82) is 0 Å². The molecular formula is C18H14F2N6O. The maximum Gasteiger partial charge on any atom is 0.261 e. The SMILES string of the molecule is Cn1cncc1-c1cc2cc(NC(=O)c3c(F)ccc(N)c3F)cnc2[nH]1. The summed E-state index contributed by atoms with van der Waals surface area (Å²) in [6, 6.07) is 5.51. The van der Waals surface area contributed by atoms with E-state index in [0.717, 1.165) is 28.9 Å². The average Bonchev–Trinajstić information content (AvgIpc) is 3.23. The van der Waals surface area contributed by atoms with Crippen LogP contribution in [-0.4, -0.2) is 25.4 Å². The molecule has 4 rings (SSSR count). The third-order valence-corrected chi connectivity index (χ3v) is 4.17. The van der Waals surface area contributed by atoms with E-state index in [0.29, 0.717) is 11.3 Å². The number of carbonyl (C=O) groups is 1. The number of H-pyrrole nitrogens is 1. The molecule has 3 aromatic heterocycles. The van der Waals surface area contributed by atoms with Crippen LogP contribution in [0.3, 0.4) is 0 Å². The Morgan fingerprint density at radius 2 is 2.07 bits per heavy atom. The van der Waals surface area contributed by atoms with Crippen molar-refractivity contribution >= 4 is 28.3 Å². The summed E-state index contributed by atoms with van der Waals surface area (Å²) in [4.78, 5) is 23.7. The summed E-state index contributed by atoms with van der Waals surface area (Å²) in [6.45, 7) is 0. The molecule has 0 bridgehead atoms. The highest BCUT2D eigenvalue weighted by atomic mass is 19.1. The highest BCUT2D eigenvalue weighted by molar-refractivity contribution is 6.05. The third kappa shape index (κ3) is 2.88. The number of hydrogen-bond acceptors (Lipinski definition) is 4. The number of anilines is 2. The van der Waals surface area contributed by atoms with E-state index in [-0.39, 0.29) is 5.69 Å². The summed E-state index contributed by atoms with van der Waals surface area (Å²) < 4.78 is 29.7. The molecule has 136 valence electrons. The first-order chi connectivity index (χ1) is 12.9. The largest absolute Gasteiger partial charge is 0.396 e. The molecule has 3 heterocycles. The minimum Gasteiger partial charge on any atom is -0.396 e. The Balaban J connectivity index is 1.66. The molecule has 0 spiro atoms. The van der Waals surface area contributed by atoms with Gasteiger partial charge in [0, 0.05) is 12.4 Å². The Morgan fingerprint density at radius 3 is 2.81 bits per heavy atom. The molecule has 4 N–H and O–H groups in total. The topological polar surface area (TPSA) is 102 Å². The summed E-state index contributed by atoms with van der Waals surface area (Å²) in [6.07, 6.45) is 4.78. The van der Waals surface area contributed by atoms with E-state index in [2.05, 4.69) is 20.3 Å². The van der Waals surface area contributed by atoms with Crippen molar-refractivity contribution in [2.75, 3.05) is 11.1 Å². The first kappa shape index (κ1) is 16.7. The van der Waals surface area contributed by atoms with E-state index < -0.39 is 23.1 Å². The predicted molar refractivity (Wildman–Crippen MR) is 97.0 cm³/mol. The summed E-state index contributed by atoms with van der Waals surface area (Å²) in [7, 11) is 1.86. The lowest BCUT2D eigenvalue weighted by Crippen LogP contribution is -2.17. The lowest BCUT2D eigenvalue weighted by atomic mass is 10.1. The van der Waals surface area contributed by atoms with Crippen molar-refractivity contribution in [2.24, 2.45) is 7.05 Å². The number of aryl methyl sites for hydroxylation is 1. The zero-order valence-electron chi connectivity index (χ0n) is 14.1. The van der Waals surface area contributed by atoms with Crippen LogP contribution in [0.2, 0.25) is 0 Å². The number of carbonyl (C=O) groups excluding carboxylic acids is 1. The van der Waals surface area contributed by atoms with E-state index in [9.17, 15) is 13.6 Å². The molecule has 0 fully saturated rings. The normalized spacial score (nSPS) is 11.1. The fourth-order valence-corrected chi connectivity index (χ4v) is 2.81. The minimum atomic E-state index is -1.10. The smallest absolute Gasteiger partial charge is 0.261 e. The molecule has 0 atom stereocenters. The third-order valence-electron chi connectivity index (χ3n) is 4.17. The van der Waals surface area contributed by atoms with Gasteiger partial charge in [0.1, 0.15) is 17.0 Å². The number of fused-ring (bicyclic) bond motifs is 1. The van der Waals surface area contributed by atoms with Crippen molar-refractivity contribution in [3.63, 3.8) is 0 Å². The Bertz CT molecular complexity index is 1180. The number of aromatic amines is 1. The first-order valence-electron chi connectivity index (χ1n) is 7.94. The van der Waals surface area contributed by atoms with Gasteiger partial charge in [-0.15, -0.1) is 0 Å². The van der Waals surface area contributed by atoms with Gasteiger partial charge < -0.3 is 20.6 Å². The molecule has 0 saturated heterocycles. The number of nitrogens with one attached hydrogen (secondary N) is 2. The zero-order valence-corrected chi connectivity index (χ0v) is 14.1. The highest BCUT2D eigenvalue weighted by Crippen LogP contribution is 2.25. The predicted octanol–water partition coefficient (Wildman–Crippen LogP) is 3.08. The van der Waals surface area contributed by atoms with Gasteiger partial charge in [-0.05, 0) is 24.3 Å². The number of hydrogen-bond donors (Lipinski definition) is 3. The monoisotopic (exact) mass is 368 g/mol. The van der Waals surface area contributed by atoms with Gasteiger partial charge in [0.15, 0.2) is 5.82 Å². The number of aromatic nitrogens is 4. The van der Waals surface area contributed by atoms with Gasteiger partial charge in [0.05, 0.1) is 41.5 Å². The van der Waals surface area contributed by atoms with Crippen LogP contribution in [0, 0.1) is 11.6 Å².